The van der Waals surface area contributed by atoms with Crippen LogP contribution in [0.2, 0.25) is 0 Å². The minimum absolute atomic E-state index is 0.710. The maximum atomic E-state index is 5.25. The fourth-order valence-electron chi connectivity index (χ4n) is 7.37. The number of rotatable bonds is 5. The quantitative estimate of drug-likeness (QED) is 0.185. The second-order valence-corrected chi connectivity index (χ2v) is 13.7. The number of aromatic nitrogens is 3. The van der Waals surface area contributed by atoms with Crippen molar-refractivity contribution >= 4 is 53.3 Å². The summed E-state index contributed by atoms with van der Waals surface area (Å²) in [6.07, 6.45) is 0. The van der Waals surface area contributed by atoms with Crippen molar-refractivity contribution in [2.45, 2.75) is 0 Å². The van der Waals surface area contributed by atoms with Gasteiger partial charge in [0.25, 0.3) is 0 Å². The fourth-order valence-corrected chi connectivity index (χ4v) is 8.54. The lowest BCUT2D eigenvalue weighted by molar-refractivity contribution is 1.18. The van der Waals surface area contributed by atoms with Crippen LogP contribution in [0.1, 0.15) is 0 Å². The molecule has 0 spiro atoms. The third kappa shape index (κ3) is 4.65. The molecule has 10 aromatic rings. The van der Waals surface area contributed by atoms with Crippen molar-refractivity contribution in [3.63, 3.8) is 0 Å². The zero-order chi connectivity index (χ0) is 33.0. The Kier molecular flexibility index (Phi) is 6.68. The van der Waals surface area contributed by atoms with Gasteiger partial charge in [-0.1, -0.05) is 133 Å². The molecule has 3 nitrogen and oxygen atoms in total. The molecule has 0 unspecified atom stereocenters. The number of hydrogen-bond acceptors (Lipinski definition) is 3. The Morgan fingerprint density at radius 1 is 0.420 bits per heavy atom. The van der Waals surface area contributed by atoms with Gasteiger partial charge in [0.2, 0.25) is 0 Å². The van der Waals surface area contributed by atoms with Crippen molar-refractivity contribution < 1.29 is 0 Å². The van der Waals surface area contributed by atoms with Crippen LogP contribution in [0, 0.1) is 0 Å². The van der Waals surface area contributed by atoms with Crippen molar-refractivity contribution in [3.8, 4) is 50.7 Å². The van der Waals surface area contributed by atoms with Crippen LogP contribution < -0.4 is 0 Å². The third-order valence-corrected chi connectivity index (χ3v) is 10.7. The van der Waals surface area contributed by atoms with Gasteiger partial charge in [0.15, 0.2) is 5.82 Å². The van der Waals surface area contributed by atoms with Crippen molar-refractivity contribution in [1.29, 1.82) is 0 Å². The van der Waals surface area contributed by atoms with E-state index in [9.17, 15) is 0 Å². The number of nitrogens with zero attached hydrogens (tertiary/aromatic N) is 3. The standard InChI is InChI=1S/C46H29N3S/c1-4-15-30(16-5-1)39-29-40(31-17-6-2-7-18-31)48-46(47-39)32-27-38(44-37-22-11-13-26-42(37)50-43(44)28-32)36-24-14-23-35-34-21-10-12-25-41(34)49(45(35)36)33-19-8-3-9-20-33/h1-29H. The van der Waals surface area contributed by atoms with Gasteiger partial charge in [-0.25, -0.2) is 9.97 Å². The van der Waals surface area contributed by atoms with E-state index < -0.39 is 0 Å². The first-order chi connectivity index (χ1) is 24.8. The Labute approximate surface area is 293 Å². The van der Waals surface area contributed by atoms with Crippen LogP contribution in [0.5, 0.6) is 0 Å². The third-order valence-electron chi connectivity index (χ3n) is 9.60. The largest absolute Gasteiger partial charge is 0.309 e. The molecule has 0 fully saturated rings. The molecule has 234 valence electrons. The molecule has 0 aliphatic heterocycles. The lowest BCUT2D eigenvalue weighted by Crippen LogP contribution is -1.97. The first kappa shape index (κ1) is 28.6. The molecule has 10 rings (SSSR count). The molecule has 7 aromatic carbocycles. The molecule has 3 heterocycles. The van der Waals surface area contributed by atoms with Crippen LogP contribution in [0.15, 0.2) is 176 Å². The highest BCUT2D eigenvalue weighted by atomic mass is 32.1. The van der Waals surface area contributed by atoms with Gasteiger partial charge in [-0.3, -0.25) is 0 Å². The summed E-state index contributed by atoms with van der Waals surface area (Å²) in [6.45, 7) is 0. The lowest BCUT2D eigenvalue weighted by atomic mass is 9.95. The van der Waals surface area contributed by atoms with Crippen molar-refractivity contribution in [2.24, 2.45) is 0 Å². The zero-order valence-corrected chi connectivity index (χ0v) is 27.8. The minimum atomic E-state index is 0.710. The summed E-state index contributed by atoms with van der Waals surface area (Å²) in [5, 5.41) is 4.99. The lowest BCUT2D eigenvalue weighted by Gasteiger charge is -2.15. The second kappa shape index (κ2) is 11.7. The summed E-state index contributed by atoms with van der Waals surface area (Å²) < 4.78 is 4.90. The van der Waals surface area contributed by atoms with Gasteiger partial charge < -0.3 is 4.57 Å². The van der Waals surface area contributed by atoms with E-state index in [1.807, 2.05) is 23.5 Å². The van der Waals surface area contributed by atoms with Gasteiger partial charge in [-0.15, -0.1) is 11.3 Å². The molecule has 0 amide bonds. The SMILES string of the molecule is c1ccc(-c2cc(-c3ccccc3)nc(-c3cc(-c4cccc5c6ccccc6n(-c6ccccc6)c45)c4c(c3)sc3ccccc34)n2)cc1. The summed E-state index contributed by atoms with van der Waals surface area (Å²) in [6, 6.07) is 62.4. The van der Waals surface area contributed by atoms with Crippen LogP contribution in [0.4, 0.5) is 0 Å². The van der Waals surface area contributed by atoms with E-state index in [1.54, 1.807) is 0 Å². The second-order valence-electron chi connectivity index (χ2n) is 12.6. The smallest absolute Gasteiger partial charge is 0.160 e. The van der Waals surface area contributed by atoms with Crippen LogP contribution in [-0.2, 0) is 0 Å². The molecule has 0 aliphatic rings. The van der Waals surface area contributed by atoms with E-state index in [2.05, 4.69) is 168 Å². The highest BCUT2D eigenvalue weighted by molar-refractivity contribution is 7.26. The fraction of sp³-hybridized carbons (Fsp3) is 0. The van der Waals surface area contributed by atoms with E-state index in [-0.39, 0.29) is 0 Å². The van der Waals surface area contributed by atoms with Gasteiger partial charge in [0, 0.05) is 58.9 Å². The highest BCUT2D eigenvalue weighted by Crippen LogP contribution is 2.46. The van der Waals surface area contributed by atoms with Crippen LogP contribution in [0.25, 0.3) is 92.7 Å². The average molecular weight is 656 g/mol. The van der Waals surface area contributed by atoms with Crippen LogP contribution in [-0.4, -0.2) is 14.5 Å². The molecule has 3 aromatic heterocycles. The molecule has 0 N–H and O–H groups in total. The van der Waals surface area contributed by atoms with E-state index in [1.165, 1.54) is 53.1 Å². The Morgan fingerprint density at radius 2 is 1.02 bits per heavy atom. The number of hydrogen-bond donors (Lipinski definition) is 0. The number of benzene rings is 7. The maximum absolute atomic E-state index is 5.25. The van der Waals surface area contributed by atoms with Crippen molar-refractivity contribution in [3.05, 3.63) is 176 Å². The Morgan fingerprint density at radius 3 is 1.74 bits per heavy atom. The summed E-state index contributed by atoms with van der Waals surface area (Å²) >= 11 is 1.83. The number of fused-ring (bicyclic) bond motifs is 6. The van der Waals surface area contributed by atoms with Crippen LogP contribution >= 0.6 is 11.3 Å². The maximum Gasteiger partial charge on any atom is 0.160 e. The Hall–Kier alpha value is -6.36. The summed E-state index contributed by atoms with van der Waals surface area (Å²) in [5.41, 5.74) is 10.8. The van der Waals surface area contributed by atoms with Gasteiger partial charge in [-0.05, 0) is 48.0 Å². The van der Waals surface area contributed by atoms with Crippen molar-refractivity contribution in [1.82, 2.24) is 14.5 Å². The van der Waals surface area contributed by atoms with Gasteiger partial charge in [0.05, 0.1) is 22.4 Å². The van der Waals surface area contributed by atoms with Gasteiger partial charge in [-0.2, -0.15) is 0 Å². The molecule has 0 saturated carbocycles. The van der Waals surface area contributed by atoms with Crippen molar-refractivity contribution in [2.75, 3.05) is 0 Å². The molecule has 0 saturated heterocycles. The Bertz CT molecular complexity index is 2800. The zero-order valence-electron chi connectivity index (χ0n) is 27.0. The van der Waals surface area contributed by atoms with Gasteiger partial charge in [0.1, 0.15) is 0 Å². The average Bonchev–Trinajstić information content (AvgIpc) is 3.74. The number of thiophene rings is 1. The first-order valence-corrected chi connectivity index (χ1v) is 17.7. The predicted octanol–water partition coefficient (Wildman–Crippen LogP) is 12.6. The van der Waals surface area contributed by atoms with E-state index in [0.717, 1.165) is 33.8 Å². The normalized spacial score (nSPS) is 11.6. The summed E-state index contributed by atoms with van der Waals surface area (Å²) in [7, 11) is 0. The number of para-hydroxylation sites is 3. The predicted molar refractivity (Wildman–Crippen MR) is 211 cm³/mol. The molecule has 50 heavy (non-hydrogen) atoms. The molecule has 0 bridgehead atoms. The monoisotopic (exact) mass is 655 g/mol. The highest BCUT2D eigenvalue weighted by Gasteiger charge is 2.21. The van der Waals surface area contributed by atoms with Gasteiger partial charge >= 0.3 is 0 Å². The van der Waals surface area contributed by atoms with E-state index in [0.29, 0.717) is 5.82 Å². The molecular formula is C46H29N3S. The molecule has 0 atom stereocenters. The molecular weight excluding hydrogens is 627 g/mol. The molecule has 0 aliphatic carbocycles. The van der Waals surface area contributed by atoms with E-state index in [4.69, 9.17) is 9.97 Å². The Balaban J connectivity index is 1.31. The topological polar surface area (TPSA) is 30.7 Å². The summed E-state index contributed by atoms with van der Waals surface area (Å²) in [5.74, 6) is 0.710. The van der Waals surface area contributed by atoms with E-state index >= 15 is 0 Å². The molecule has 0 radical (unpaired) electrons. The van der Waals surface area contributed by atoms with Crippen LogP contribution in [0.3, 0.4) is 0 Å². The first-order valence-electron chi connectivity index (χ1n) is 16.8. The summed E-state index contributed by atoms with van der Waals surface area (Å²) in [4.78, 5) is 10.5. The molecule has 4 heteroatoms. The minimum Gasteiger partial charge on any atom is -0.309 e.